The highest BCUT2D eigenvalue weighted by Gasteiger charge is 2.17. The first kappa shape index (κ1) is 8.52. The van der Waals surface area contributed by atoms with Gasteiger partial charge in [0, 0.05) is 6.04 Å². The molecule has 0 saturated carbocycles. The molecule has 1 aliphatic carbocycles. The Balaban J connectivity index is 2.54. The zero-order valence-corrected chi connectivity index (χ0v) is 7.79. The quantitative estimate of drug-likeness (QED) is 0.694. The summed E-state index contributed by atoms with van der Waals surface area (Å²) >= 11 is 0. The fourth-order valence-corrected chi connectivity index (χ4v) is 2.10. The topological polar surface area (TPSA) is 26.0 Å². The summed E-state index contributed by atoms with van der Waals surface area (Å²) in [5.41, 5.74) is 10.0. The van der Waals surface area contributed by atoms with Crippen LogP contribution < -0.4 is 5.73 Å². The van der Waals surface area contributed by atoms with Crippen molar-refractivity contribution in [3.8, 4) is 0 Å². The van der Waals surface area contributed by atoms with Gasteiger partial charge in [0.1, 0.15) is 0 Å². The molecule has 1 nitrogen and oxygen atoms in total. The van der Waals surface area contributed by atoms with Crippen molar-refractivity contribution in [3.05, 3.63) is 41.5 Å². The van der Waals surface area contributed by atoms with Crippen LogP contribution >= 0.6 is 0 Å². The van der Waals surface area contributed by atoms with Crippen LogP contribution in [0.4, 0.5) is 0 Å². The molecule has 0 spiro atoms. The molecule has 1 aromatic carbocycles. The van der Waals surface area contributed by atoms with Gasteiger partial charge < -0.3 is 5.73 Å². The van der Waals surface area contributed by atoms with Gasteiger partial charge in [0.15, 0.2) is 0 Å². The van der Waals surface area contributed by atoms with Crippen molar-refractivity contribution in [2.45, 2.75) is 25.3 Å². The minimum Gasteiger partial charge on any atom is -0.324 e. The van der Waals surface area contributed by atoms with E-state index in [2.05, 4.69) is 24.8 Å². The van der Waals surface area contributed by atoms with Gasteiger partial charge >= 0.3 is 0 Å². The van der Waals surface area contributed by atoms with Gasteiger partial charge in [0.2, 0.25) is 0 Å². The van der Waals surface area contributed by atoms with Crippen molar-refractivity contribution in [2.24, 2.45) is 5.73 Å². The SMILES string of the molecule is C=Cc1cccc2c1CCCC2N. The van der Waals surface area contributed by atoms with Gasteiger partial charge in [-0.05, 0) is 36.0 Å². The molecule has 1 aliphatic rings. The third-order valence-electron chi connectivity index (χ3n) is 2.81. The molecule has 0 heterocycles. The van der Waals surface area contributed by atoms with E-state index in [4.69, 9.17) is 5.73 Å². The fraction of sp³-hybridized carbons (Fsp3) is 0.333. The van der Waals surface area contributed by atoms with Gasteiger partial charge in [-0.2, -0.15) is 0 Å². The summed E-state index contributed by atoms with van der Waals surface area (Å²) in [5.74, 6) is 0. The molecule has 2 rings (SSSR count). The maximum absolute atomic E-state index is 6.04. The van der Waals surface area contributed by atoms with Gasteiger partial charge in [0.05, 0.1) is 0 Å². The Morgan fingerprint density at radius 1 is 1.46 bits per heavy atom. The number of hydrogen-bond acceptors (Lipinski definition) is 1. The molecule has 0 saturated heterocycles. The Bertz CT molecular complexity index is 328. The number of hydrogen-bond donors (Lipinski definition) is 1. The van der Waals surface area contributed by atoms with Crippen molar-refractivity contribution < 1.29 is 0 Å². The molecule has 1 aromatic rings. The highest BCUT2D eigenvalue weighted by atomic mass is 14.6. The zero-order valence-electron chi connectivity index (χ0n) is 7.79. The lowest BCUT2D eigenvalue weighted by Crippen LogP contribution is -2.17. The largest absolute Gasteiger partial charge is 0.324 e. The Kier molecular flexibility index (Phi) is 2.19. The second-order valence-electron chi connectivity index (χ2n) is 3.62. The van der Waals surface area contributed by atoms with E-state index < -0.39 is 0 Å². The van der Waals surface area contributed by atoms with E-state index in [1.807, 2.05) is 6.08 Å². The average Bonchev–Trinajstić information content (AvgIpc) is 2.18. The van der Waals surface area contributed by atoms with Crippen LogP contribution in [0.3, 0.4) is 0 Å². The molecule has 0 bridgehead atoms. The number of benzene rings is 1. The molecule has 0 radical (unpaired) electrons. The third-order valence-corrected chi connectivity index (χ3v) is 2.81. The third kappa shape index (κ3) is 1.40. The average molecular weight is 173 g/mol. The smallest absolute Gasteiger partial charge is 0.0297 e. The normalized spacial score (nSPS) is 20.8. The molecule has 0 fully saturated rings. The van der Waals surface area contributed by atoms with E-state index in [1.165, 1.54) is 23.1 Å². The monoisotopic (exact) mass is 173 g/mol. The van der Waals surface area contributed by atoms with Crippen molar-refractivity contribution >= 4 is 6.08 Å². The molecule has 68 valence electrons. The van der Waals surface area contributed by atoms with Crippen LogP contribution in [0.1, 0.15) is 35.6 Å². The summed E-state index contributed by atoms with van der Waals surface area (Å²) in [4.78, 5) is 0. The number of rotatable bonds is 1. The van der Waals surface area contributed by atoms with E-state index >= 15 is 0 Å². The molecular formula is C12H15N. The van der Waals surface area contributed by atoms with Gasteiger partial charge in [-0.25, -0.2) is 0 Å². The zero-order chi connectivity index (χ0) is 9.26. The van der Waals surface area contributed by atoms with Crippen LogP contribution in [0.5, 0.6) is 0 Å². The predicted octanol–water partition coefficient (Wildman–Crippen LogP) is 2.67. The highest BCUT2D eigenvalue weighted by molar-refractivity contribution is 5.55. The molecule has 13 heavy (non-hydrogen) atoms. The minimum atomic E-state index is 0.239. The Morgan fingerprint density at radius 2 is 2.31 bits per heavy atom. The predicted molar refractivity (Wildman–Crippen MR) is 56.4 cm³/mol. The molecule has 0 aliphatic heterocycles. The summed E-state index contributed by atoms with van der Waals surface area (Å²) in [7, 11) is 0. The fourth-order valence-electron chi connectivity index (χ4n) is 2.10. The van der Waals surface area contributed by atoms with Crippen LogP contribution in [-0.4, -0.2) is 0 Å². The molecule has 0 aromatic heterocycles. The summed E-state index contributed by atoms with van der Waals surface area (Å²) in [6.45, 7) is 3.82. The van der Waals surface area contributed by atoms with Crippen molar-refractivity contribution in [3.63, 3.8) is 0 Å². The molecule has 0 amide bonds. The lowest BCUT2D eigenvalue weighted by atomic mass is 9.85. The van der Waals surface area contributed by atoms with E-state index in [9.17, 15) is 0 Å². The van der Waals surface area contributed by atoms with Crippen LogP contribution in [0.2, 0.25) is 0 Å². The number of fused-ring (bicyclic) bond motifs is 1. The number of nitrogens with two attached hydrogens (primary N) is 1. The Hall–Kier alpha value is -1.08. The maximum atomic E-state index is 6.04. The molecular weight excluding hydrogens is 158 g/mol. The van der Waals surface area contributed by atoms with Gasteiger partial charge in [-0.15, -0.1) is 0 Å². The van der Waals surface area contributed by atoms with Crippen LogP contribution in [0.15, 0.2) is 24.8 Å². The van der Waals surface area contributed by atoms with E-state index in [1.54, 1.807) is 0 Å². The maximum Gasteiger partial charge on any atom is 0.0297 e. The van der Waals surface area contributed by atoms with Crippen molar-refractivity contribution in [2.75, 3.05) is 0 Å². The van der Waals surface area contributed by atoms with Gasteiger partial charge in [-0.1, -0.05) is 30.9 Å². The standard InChI is InChI=1S/C12H15N/c1-2-9-5-3-7-11-10(9)6-4-8-12(11)13/h2-3,5,7,12H,1,4,6,8,13H2. The lowest BCUT2D eigenvalue weighted by Gasteiger charge is -2.23. The second kappa shape index (κ2) is 3.35. The Labute approximate surface area is 79.3 Å². The molecule has 2 N–H and O–H groups in total. The van der Waals surface area contributed by atoms with Crippen LogP contribution in [-0.2, 0) is 6.42 Å². The summed E-state index contributed by atoms with van der Waals surface area (Å²) in [5, 5.41) is 0. The molecule has 1 heteroatoms. The van der Waals surface area contributed by atoms with Crippen molar-refractivity contribution in [1.82, 2.24) is 0 Å². The summed E-state index contributed by atoms with van der Waals surface area (Å²) in [6, 6.07) is 6.57. The molecule has 1 atom stereocenters. The Morgan fingerprint density at radius 3 is 3.08 bits per heavy atom. The van der Waals surface area contributed by atoms with Crippen LogP contribution in [0.25, 0.3) is 6.08 Å². The van der Waals surface area contributed by atoms with Gasteiger partial charge in [-0.3, -0.25) is 0 Å². The van der Waals surface area contributed by atoms with Crippen LogP contribution in [0, 0.1) is 0 Å². The first-order chi connectivity index (χ1) is 6.33. The second-order valence-corrected chi connectivity index (χ2v) is 3.62. The summed E-state index contributed by atoms with van der Waals surface area (Å²) in [6.07, 6.45) is 5.41. The highest BCUT2D eigenvalue weighted by Crippen LogP contribution is 2.30. The first-order valence-corrected chi connectivity index (χ1v) is 4.82. The van der Waals surface area contributed by atoms with E-state index in [0.29, 0.717) is 0 Å². The lowest BCUT2D eigenvalue weighted by molar-refractivity contribution is 0.570. The van der Waals surface area contributed by atoms with Crippen molar-refractivity contribution in [1.29, 1.82) is 0 Å². The minimum absolute atomic E-state index is 0.239. The summed E-state index contributed by atoms with van der Waals surface area (Å²) < 4.78 is 0. The molecule has 1 unspecified atom stereocenters. The first-order valence-electron chi connectivity index (χ1n) is 4.82. The van der Waals surface area contributed by atoms with Gasteiger partial charge in [0.25, 0.3) is 0 Å². The van der Waals surface area contributed by atoms with E-state index in [-0.39, 0.29) is 6.04 Å². The van der Waals surface area contributed by atoms with E-state index in [0.717, 1.165) is 12.8 Å².